The molecule has 5 nitrogen and oxygen atoms in total. The highest BCUT2D eigenvalue weighted by Crippen LogP contribution is 2.26. The number of aliphatic hydroxyl groups excluding tert-OH is 1. The van der Waals surface area contributed by atoms with Crippen LogP contribution < -0.4 is 9.46 Å². The number of hydrogen-bond acceptors (Lipinski definition) is 4. The van der Waals surface area contributed by atoms with Gasteiger partial charge in [-0.2, -0.15) is 0 Å². The Bertz CT molecular complexity index is 502. The molecular weight excluding hydrogens is 278 g/mol. The van der Waals surface area contributed by atoms with Crippen LogP contribution in [0, 0.1) is 0 Å². The Morgan fingerprint density at radius 1 is 1.50 bits per heavy atom. The summed E-state index contributed by atoms with van der Waals surface area (Å²) in [4.78, 5) is 0.0684. The normalized spacial score (nSPS) is 13.3. The zero-order valence-electron chi connectivity index (χ0n) is 10.2. The summed E-state index contributed by atoms with van der Waals surface area (Å²) in [7, 11) is -2.15. The molecule has 1 aromatic rings. The van der Waals surface area contributed by atoms with Crippen molar-refractivity contribution in [2.45, 2.75) is 24.3 Å². The number of nitrogens with one attached hydrogen (secondary N) is 1. The maximum absolute atomic E-state index is 11.9. The van der Waals surface area contributed by atoms with E-state index in [1.54, 1.807) is 6.92 Å². The monoisotopic (exact) mass is 293 g/mol. The van der Waals surface area contributed by atoms with E-state index in [2.05, 4.69) is 4.72 Å². The van der Waals surface area contributed by atoms with Crippen LogP contribution in [0.15, 0.2) is 23.1 Å². The van der Waals surface area contributed by atoms with Crippen molar-refractivity contribution in [1.29, 1.82) is 0 Å². The van der Waals surface area contributed by atoms with Crippen molar-refractivity contribution in [1.82, 2.24) is 4.72 Å². The lowest BCUT2D eigenvalue weighted by Crippen LogP contribution is -2.26. The van der Waals surface area contributed by atoms with E-state index in [1.165, 1.54) is 25.3 Å². The second-order valence-corrected chi connectivity index (χ2v) is 6.01. The summed E-state index contributed by atoms with van der Waals surface area (Å²) in [5, 5.41) is 9.29. The van der Waals surface area contributed by atoms with Crippen LogP contribution in [0.3, 0.4) is 0 Å². The van der Waals surface area contributed by atoms with E-state index in [0.717, 1.165) is 0 Å². The molecule has 0 saturated heterocycles. The van der Waals surface area contributed by atoms with Gasteiger partial charge in [-0.25, -0.2) is 13.1 Å². The maximum atomic E-state index is 11.9. The molecule has 0 radical (unpaired) electrons. The first-order chi connectivity index (χ1) is 8.36. The van der Waals surface area contributed by atoms with E-state index in [-0.39, 0.29) is 16.5 Å². The molecule has 0 fully saturated rings. The first-order valence-electron chi connectivity index (χ1n) is 5.38. The molecule has 7 heteroatoms. The molecule has 0 bridgehead atoms. The van der Waals surface area contributed by atoms with Crippen LogP contribution in [0.25, 0.3) is 0 Å². The highest BCUT2D eigenvalue weighted by Gasteiger charge is 2.15. The maximum Gasteiger partial charge on any atom is 0.240 e. The van der Waals surface area contributed by atoms with E-state index >= 15 is 0 Å². The number of benzene rings is 1. The molecule has 0 aliphatic rings. The summed E-state index contributed by atoms with van der Waals surface area (Å²) in [5.41, 5.74) is 0. The van der Waals surface area contributed by atoms with Gasteiger partial charge in [0.05, 0.1) is 23.1 Å². The van der Waals surface area contributed by atoms with E-state index < -0.39 is 16.1 Å². The molecule has 0 spiro atoms. The van der Waals surface area contributed by atoms with Crippen molar-refractivity contribution in [2.24, 2.45) is 0 Å². The molecule has 1 aromatic carbocycles. The van der Waals surface area contributed by atoms with Crippen LogP contribution in [-0.4, -0.2) is 33.3 Å². The minimum atomic E-state index is -3.60. The lowest BCUT2D eigenvalue weighted by atomic mass is 10.3. The zero-order chi connectivity index (χ0) is 13.8. The first kappa shape index (κ1) is 15.2. The third-order valence-corrected chi connectivity index (χ3v) is 4.04. The lowest BCUT2D eigenvalue weighted by Gasteiger charge is -2.09. The Hall–Kier alpha value is -0.820. The Balaban J connectivity index is 2.82. The number of halogens is 1. The first-order valence-corrected chi connectivity index (χ1v) is 7.24. The predicted octanol–water partition coefficient (Wildman–Crippen LogP) is 1.40. The van der Waals surface area contributed by atoms with Gasteiger partial charge in [0.1, 0.15) is 5.75 Å². The molecule has 0 amide bonds. The van der Waals surface area contributed by atoms with Crippen molar-refractivity contribution in [3.05, 3.63) is 23.2 Å². The molecule has 0 heterocycles. The summed E-state index contributed by atoms with van der Waals surface area (Å²) >= 11 is 5.86. The number of methoxy groups -OCH3 is 1. The van der Waals surface area contributed by atoms with Crippen molar-refractivity contribution in [3.8, 4) is 5.75 Å². The molecule has 0 aliphatic heterocycles. The third-order valence-electron chi connectivity index (χ3n) is 2.29. The fraction of sp³-hybridized carbons (Fsp3) is 0.455. The SMILES string of the molecule is COc1ccc(S(=O)(=O)NCCC(C)O)cc1Cl. The minimum absolute atomic E-state index is 0.0684. The summed E-state index contributed by atoms with van der Waals surface area (Å²) < 4.78 is 31.1. The van der Waals surface area contributed by atoms with Crippen LogP contribution in [0.2, 0.25) is 5.02 Å². The number of hydrogen-bond donors (Lipinski definition) is 2. The molecular formula is C11H16ClNO4S. The number of sulfonamides is 1. The highest BCUT2D eigenvalue weighted by atomic mass is 35.5. The predicted molar refractivity (Wildman–Crippen MR) is 69.5 cm³/mol. The molecule has 1 unspecified atom stereocenters. The molecule has 102 valence electrons. The van der Waals surface area contributed by atoms with Gasteiger partial charge in [-0.1, -0.05) is 11.6 Å². The molecule has 0 saturated carbocycles. The number of ether oxygens (including phenoxy) is 1. The Kier molecular flexibility index (Phi) is 5.40. The molecule has 0 aliphatic carbocycles. The average molecular weight is 294 g/mol. The van der Waals surface area contributed by atoms with Gasteiger partial charge in [0.25, 0.3) is 0 Å². The molecule has 0 aromatic heterocycles. The summed E-state index contributed by atoms with van der Waals surface area (Å²) in [6.07, 6.45) is -0.199. The van der Waals surface area contributed by atoms with Gasteiger partial charge in [-0.05, 0) is 31.5 Å². The molecule has 1 rings (SSSR count). The van der Waals surface area contributed by atoms with Crippen molar-refractivity contribution in [2.75, 3.05) is 13.7 Å². The number of aliphatic hydroxyl groups is 1. The molecule has 1 atom stereocenters. The van der Waals surface area contributed by atoms with Gasteiger partial charge in [0.2, 0.25) is 10.0 Å². The fourth-order valence-electron chi connectivity index (χ4n) is 1.30. The van der Waals surface area contributed by atoms with Gasteiger partial charge < -0.3 is 9.84 Å². The smallest absolute Gasteiger partial charge is 0.240 e. The molecule has 18 heavy (non-hydrogen) atoms. The van der Waals surface area contributed by atoms with E-state index in [4.69, 9.17) is 21.4 Å². The highest BCUT2D eigenvalue weighted by molar-refractivity contribution is 7.89. The summed E-state index contributed by atoms with van der Waals surface area (Å²) in [6.45, 7) is 1.77. The largest absolute Gasteiger partial charge is 0.495 e. The van der Waals surface area contributed by atoms with Crippen LogP contribution in [0.4, 0.5) is 0 Å². The van der Waals surface area contributed by atoms with E-state index in [9.17, 15) is 8.42 Å². The zero-order valence-corrected chi connectivity index (χ0v) is 11.8. The van der Waals surface area contributed by atoms with Crippen LogP contribution in [0.5, 0.6) is 5.75 Å². The van der Waals surface area contributed by atoms with Crippen molar-refractivity contribution < 1.29 is 18.3 Å². The second kappa shape index (κ2) is 6.38. The van der Waals surface area contributed by atoms with Gasteiger partial charge in [-0.15, -0.1) is 0 Å². The Morgan fingerprint density at radius 3 is 2.67 bits per heavy atom. The van der Waals surface area contributed by atoms with Crippen LogP contribution in [-0.2, 0) is 10.0 Å². The van der Waals surface area contributed by atoms with Crippen LogP contribution >= 0.6 is 11.6 Å². The molecule has 2 N–H and O–H groups in total. The van der Waals surface area contributed by atoms with E-state index in [0.29, 0.717) is 12.2 Å². The van der Waals surface area contributed by atoms with Crippen molar-refractivity contribution >= 4 is 21.6 Å². The standard InChI is InChI=1S/C11H16ClNO4S/c1-8(14)5-6-13-18(15,16)9-3-4-11(17-2)10(12)7-9/h3-4,7-8,13-14H,5-6H2,1-2H3. The number of rotatable bonds is 6. The topological polar surface area (TPSA) is 75.6 Å². The van der Waals surface area contributed by atoms with Gasteiger partial charge >= 0.3 is 0 Å². The van der Waals surface area contributed by atoms with Gasteiger partial charge in [0.15, 0.2) is 0 Å². The van der Waals surface area contributed by atoms with Gasteiger partial charge in [-0.3, -0.25) is 0 Å². The lowest BCUT2D eigenvalue weighted by molar-refractivity contribution is 0.186. The fourth-order valence-corrected chi connectivity index (χ4v) is 2.70. The average Bonchev–Trinajstić information content (AvgIpc) is 2.28. The minimum Gasteiger partial charge on any atom is -0.495 e. The quantitative estimate of drug-likeness (QED) is 0.831. The summed E-state index contributed by atoms with van der Waals surface area (Å²) in [5.74, 6) is 0.416. The Labute approximate surface area is 112 Å². The second-order valence-electron chi connectivity index (χ2n) is 3.83. The van der Waals surface area contributed by atoms with Gasteiger partial charge in [0, 0.05) is 6.54 Å². The van der Waals surface area contributed by atoms with E-state index in [1.807, 2.05) is 0 Å². The van der Waals surface area contributed by atoms with Crippen LogP contribution in [0.1, 0.15) is 13.3 Å². The third kappa shape index (κ3) is 4.13. The summed E-state index contributed by atoms with van der Waals surface area (Å²) in [6, 6.07) is 4.23. The Morgan fingerprint density at radius 2 is 2.17 bits per heavy atom. The van der Waals surface area contributed by atoms with Crippen molar-refractivity contribution in [3.63, 3.8) is 0 Å².